The number of hydrogen-bond donors (Lipinski definition) is 0. The second-order valence-corrected chi connectivity index (χ2v) is 11.9. The first kappa shape index (κ1) is 26.5. The minimum absolute atomic E-state index is 0.618. The molecule has 0 fully saturated rings. The first-order valence-corrected chi connectivity index (χ1v) is 15.8. The number of furan rings is 2. The van der Waals surface area contributed by atoms with Crippen molar-refractivity contribution >= 4 is 54.6 Å². The SMILES string of the molecule is c1cc(-c2cnc(-c3cccc4c3oc3ccccc34)nc2)c2c(-c3cnc(-c4cccc5c4oc4ccccc45)nc3)cccc2c1. The summed E-state index contributed by atoms with van der Waals surface area (Å²) in [5.41, 5.74) is 8.92. The van der Waals surface area contributed by atoms with Gasteiger partial charge in [-0.15, -0.1) is 0 Å². The quantitative estimate of drug-likeness (QED) is 0.196. The second kappa shape index (κ2) is 10.4. The summed E-state index contributed by atoms with van der Waals surface area (Å²) >= 11 is 0. The summed E-state index contributed by atoms with van der Waals surface area (Å²) in [6.07, 6.45) is 7.57. The molecule has 0 bridgehead atoms. The van der Waals surface area contributed by atoms with Crippen LogP contribution in [0.2, 0.25) is 0 Å². The summed E-state index contributed by atoms with van der Waals surface area (Å²) in [4.78, 5) is 19.3. The van der Waals surface area contributed by atoms with Crippen molar-refractivity contribution in [1.29, 1.82) is 0 Å². The van der Waals surface area contributed by atoms with Crippen LogP contribution in [-0.4, -0.2) is 19.9 Å². The van der Waals surface area contributed by atoms with E-state index in [-0.39, 0.29) is 0 Å². The van der Waals surface area contributed by atoms with Crippen LogP contribution in [0.25, 0.3) is 99.7 Å². The lowest BCUT2D eigenvalue weighted by atomic mass is 9.93. The van der Waals surface area contributed by atoms with E-state index in [0.717, 1.165) is 88.0 Å². The normalized spacial score (nSPS) is 11.8. The Kier molecular flexibility index (Phi) is 5.77. The van der Waals surface area contributed by atoms with Crippen LogP contribution in [0.3, 0.4) is 0 Å². The maximum absolute atomic E-state index is 6.25. The number of para-hydroxylation sites is 4. The zero-order chi connectivity index (χ0) is 31.6. The molecule has 0 aliphatic rings. The third-order valence-electron chi connectivity index (χ3n) is 9.12. The Morgan fingerprint density at radius 1 is 0.354 bits per heavy atom. The molecule has 0 saturated carbocycles. The van der Waals surface area contributed by atoms with Crippen molar-refractivity contribution < 1.29 is 8.83 Å². The van der Waals surface area contributed by atoms with Crippen molar-refractivity contribution in [3.63, 3.8) is 0 Å². The summed E-state index contributed by atoms with van der Waals surface area (Å²) in [6, 6.07) is 41.0. The van der Waals surface area contributed by atoms with Crippen LogP contribution in [0, 0.1) is 0 Å². The smallest absolute Gasteiger partial charge is 0.162 e. The minimum Gasteiger partial charge on any atom is -0.455 e. The van der Waals surface area contributed by atoms with Crippen LogP contribution in [0.5, 0.6) is 0 Å². The Morgan fingerprint density at radius 2 is 0.750 bits per heavy atom. The molecule has 0 aliphatic carbocycles. The predicted octanol–water partition coefficient (Wildman–Crippen LogP) is 10.9. The van der Waals surface area contributed by atoms with Gasteiger partial charge in [0.1, 0.15) is 22.3 Å². The van der Waals surface area contributed by atoms with Crippen LogP contribution < -0.4 is 0 Å². The molecule has 0 radical (unpaired) electrons. The third kappa shape index (κ3) is 4.06. The highest BCUT2D eigenvalue weighted by Gasteiger charge is 2.17. The predicted molar refractivity (Wildman–Crippen MR) is 191 cm³/mol. The van der Waals surface area contributed by atoms with Gasteiger partial charge >= 0.3 is 0 Å². The average Bonchev–Trinajstić information content (AvgIpc) is 3.73. The van der Waals surface area contributed by atoms with Crippen LogP contribution in [0.1, 0.15) is 0 Å². The summed E-state index contributed by atoms with van der Waals surface area (Å²) in [5, 5.41) is 6.47. The van der Waals surface area contributed by atoms with Crippen molar-refractivity contribution in [2.45, 2.75) is 0 Å². The Bertz CT molecular complexity index is 2640. The van der Waals surface area contributed by atoms with Gasteiger partial charge < -0.3 is 8.83 Å². The van der Waals surface area contributed by atoms with E-state index in [1.165, 1.54) is 0 Å². The van der Waals surface area contributed by atoms with E-state index in [1.54, 1.807) is 0 Å². The highest BCUT2D eigenvalue weighted by molar-refractivity contribution is 6.10. The topological polar surface area (TPSA) is 77.8 Å². The highest BCUT2D eigenvalue weighted by atomic mass is 16.3. The van der Waals surface area contributed by atoms with Crippen molar-refractivity contribution in [3.8, 4) is 45.0 Å². The molecule has 0 aliphatic heterocycles. The molecular formula is C42H24N4O2. The number of benzene rings is 6. The van der Waals surface area contributed by atoms with E-state index in [2.05, 4.69) is 60.7 Å². The molecule has 0 unspecified atom stereocenters. The molecule has 6 nitrogen and oxygen atoms in total. The van der Waals surface area contributed by atoms with E-state index in [0.29, 0.717) is 11.6 Å². The van der Waals surface area contributed by atoms with Gasteiger partial charge in [0.05, 0.1) is 11.1 Å². The number of nitrogens with zero attached hydrogens (tertiary/aromatic N) is 4. The molecule has 6 heteroatoms. The lowest BCUT2D eigenvalue weighted by molar-refractivity contribution is 0.669. The Morgan fingerprint density at radius 3 is 1.23 bits per heavy atom. The first-order valence-electron chi connectivity index (χ1n) is 15.8. The van der Waals surface area contributed by atoms with E-state index in [1.807, 2.05) is 85.5 Å². The van der Waals surface area contributed by atoms with E-state index >= 15 is 0 Å². The van der Waals surface area contributed by atoms with Gasteiger partial charge in [-0.25, -0.2) is 19.9 Å². The monoisotopic (exact) mass is 616 g/mol. The molecule has 6 aromatic carbocycles. The molecule has 0 amide bonds. The largest absolute Gasteiger partial charge is 0.455 e. The van der Waals surface area contributed by atoms with Gasteiger partial charge in [0.15, 0.2) is 11.6 Å². The molecule has 224 valence electrons. The summed E-state index contributed by atoms with van der Waals surface area (Å²) in [5.74, 6) is 1.24. The first-order chi connectivity index (χ1) is 23.8. The molecule has 0 N–H and O–H groups in total. The molecule has 0 atom stereocenters. The maximum Gasteiger partial charge on any atom is 0.162 e. The molecule has 0 spiro atoms. The Balaban J connectivity index is 1.05. The van der Waals surface area contributed by atoms with Crippen LogP contribution in [-0.2, 0) is 0 Å². The van der Waals surface area contributed by atoms with Gasteiger partial charge in [-0.05, 0) is 46.2 Å². The third-order valence-corrected chi connectivity index (χ3v) is 9.12. The standard InChI is InChI=1S/C42H24N4O2/c1-3-19-36-30(11-1)32-15-7-17-34(39(32)47-36)41-43-21-26(22-44-41)28-13-5-9-25-10-6-14-29(38(25)28)27-23-45-42(46-24-27)35-18-8-16-33-31-12-2-4-20-37(31)48-40(33)35/h1-24H. The van der Waals surface area contributed by atoms with Crippen LogP contribution in [0.4, 0.5) is 0 Å². The fourth-order valence-electron chi connectivity index (χ4n) is 6.88. The number of fused-ring (bicyclic) bond motifs is 7. The maximum atomic E-state index is 6.25. The fraction of sp³-hybridized carbons (Fsp3) is 0. The summed E-state index contributed by atoms with van der Waals surface area (Å²) in [6.45, 7) is 0. The molecule has 0 saturated heterocycles. The van der Waals surface area contributed by atoms with E-state index < -0.39 is 0 Å². The molecule has 48 heavy (non-hydrogen) atoms. The Labute approximate surface area is 274 Å². The second-order valence-electron chi connectivity index (χ2n) is 11.9. The molecule has 4 heterocycles. The molecular weight excluding hydrogens is 592 g/mol. The van der Waals surface area contributed by atoms with Gasteiger partial charge in [0.2, 0.25) is 0 Å². The summed E-state index contributed by atoms with van der Waals surface area (Å²) in [7, 11) is 0. The summed E-state index contributed by atoms with van der Waals surface area (Å²) < 4.78 is 12.5. The lowest BCUT2D eigenvalue weighted by Crippen LogP contribution is -1.93. The van der Waals surface area contributed by atoms with Crippen molar-refractivity contribution in [2.24, 2.45) is 0 Å². The van der Waals surface area contributed by atoms with Gasteiger partial charge in [-0.3, -0.25) is 0 Å². The van der Waals surface area contributed by atoms with Crippen molar-refractivity contribution in [1.82, 2.24) is 19.9 Å². The lowest BCUT2D eigenvalue weighted by Gasteiger charge is -2.12. The Hall–Kier alpha value is -6.66. The number of rotatable bonds is 4. The van der Waals surface area contributed by atoms with Gasteiger partial charge in [-0.1, -0.05) is 97.1 Å². The average molecular weight is 617 g/mol. The van der Waals surface area contributed by atoms with E-state index in [4.69, 9.17) is 28.8 Å². The van der Waals surface area contributed by atoms with Crippen molar-refractivity contribution in [2.75, 3.05) is 0 Å². The zero-order valence-corrected chi connectivity index (χ0v) is 25.5. The van der Waals surface area contributed by atoms with Crippen molar-refractivity contribution in [3.05, 3.63) is 146 Å². The van der Waals surface area contributed by atoms with Gasteiger partial charge in [0, 0.05) is 57.5 Å². The number of hydrogen-bond acceptors (Lipinski definition) is 6. The van der Waals surface area contributed by atoms with Gasteiger partial charge in [0.25, 0.3) is 0 Å². The highest BCUT2D eigenvalue weighted by Crippen LogP contribution is 2.39. The zero-order valence-electron chi connectivity index (χ0n) is 25.5. The van der Waals surface area contributed by atoms with Crippen LogP contribution in [0.15, 0.2) is 155 Å². The molecule has 10 aromatic rings. The minimum atomic E-state index is 0.618. The van der Waals surface area contributed by atoms with E-state index in [9.17, 15) is 0 Å². The molecule has 10 rings (SSSR count). The van der Waals surface area contributed by atoms with Crippen LogP contribution >= 0.6 is 0 Å². The molecule has 4 aromatic heterocycles. The fourth-order valence-corrected chi connectivity index (χ4v) is 6.88. The number of aromatic nitrogens is 4. The van der Waals surface area contributed by atoms with Gasteiger partial charge in [-0.2, -0.15) is 0 Å².